The summed E-state index contributed by atoms with van der Waals surface area (Å²) in [5, 5.41) is 2.33. The number of hydrogen-bond donors (Lipinski definition) is 0. The summed E-state index contributed by atoms with van der Waals surface area (Å²) < 4.78 is 13.2. The van der Waals surface area contributed by atoms with Crippen LogP contribution < -0.4 is 4.74 Å². The van der Waals surface area contributed by atoms with E-state index in [4.69, 9.17) is 19.7 Å². The van der Waals surface area contributed by atoms with Crippen molar-refractivity contribution < 1.29 is 4.74 Å². The van der Waals surface area contributed by atoms with E-state index < -0.39 is 0 Å². The second-order valence-corrected chi connectivity index (χ2v) is 13.6. The maximum Gasteiger partial charge on any atom is 0.221 e. The van der Waals surface area contributed by atoms with Crippen LogP contribution in [-0.2, 0) is 5.41 Å². The Bertz CT molecular complexity index is 2710. The lowest BCUT2D eigenvalue weighted by molar-refractivity contribution is 0.484. The summed E-state index contributed by atoms with van der Waals surface area (Å²) in [6, 6.07) is 35.6. The molecule has 0 bridgehead atoms. The van der Waals surface area contributed by atoms with E-state index in [1.807, 2.05) is 36.7 Å². The Balaban J connectivity index is 1.20. The van der Waals surface area contributed by atoms with Crippen LogP contribution >= 0.6 is 0 Å². The summed E-state index contributed by atoms with van der Waals surface area (Å²) in [5.41, 5.74) is 10.4. The molecular formula is C41H34N6O. The number of para-hydroxylation sites is 2. The average molecular weight is 627 g/mol. The van der Waals surface area contributed by atoms with Crippen molar-refractivity contribution in [3.8, 4) is 23.0 Å². The van der Waals surface area contributed by atoms with Gasteiger partial charge >= 0.3 is 0 Å². The van der Waals surface area contributed by atoms with Gasteiger partial charge < -0.3 is 4.74 Å². The van der Waals surface area contributed by atoms with E-state index >= 15 is 0 Å². The highest BCUT2D eigenvalue weighted by atomic mass is 16.5. The normalized spacial score (nSPS) is 12.3. The minimum absolute atomic E-state index is 0.0424. The van der Waals surface area contributed by atoms with Gasteiger partial charge in [-0.1, -0.05) is 57.2 Å². The molecule has 48 heavy (non-hydrogen) atoms. The Kier molecular flexibility index (Phi) is 6.06. The van der Waals surface area contributed by atoms with E-state index in [2.05, 4.69) is 127 Å². The lowest BCUT2D eigenvalue weighted by Crippen LogP contribution is -2.11. The van der Waals surface area contributed by atoms with E-state index in [0.29, 0.717) is 0 Å². The number of hydrogen-bond acceptors (Lipinski definition) is 4. The number of ether oxygens (including phenoxy) is 1. The number of rotatable bonds is 4. The van der Waals surface area contributed by atoms with Crippen molar-refractivity contribution in [3.63, 3.8) is 0 Å². The summed E-state index contributed by atoms with van der Waals surface area (Å²) in [4.78, 5) is 15.0. The first-order valence-corrected chi connectivity index (χ1v) is 16.3. The predicted octanol–water partition coefficient (Wildman–Crippen LogP) is 10.0. The Morgan fingerprint density at radius 2 is 1.33 bits per heavy atom. The van der Waals surface area contributed by atoms with Crippen LogP contribution in [0.15, 0.2) is 116 Å². The first-order valence-electron chi connectivity index (χ1n) is 16.3. The molecular weight excluding hydrogens is 592 g/mol. The Morgan fingerprint density at radius 1 is 0.604 bits per heavy atom. The van der Waals surface area contributed by atoms with Gasteiger partial charge in [0.25, 0.3) is 0 Å². The molecule has 0 aliphatic heterocycles. The number of benzene rings is 4. The fourth-order valence-corrected chi connectivity index (χ4v) is 6.73. The average Bonchev–Trinajstić information content (AvgIpc) is 3.72. The van der Waals surface area contributed by atoms with Crippen LogP contribution in [0.25, 0.3) is 61.3 Å². The lowest BCUT2D eigenvalue weighted by Gasteiger charge is -2.18. The molecule has 0 saturated heterocycles. The number of fused-ring (bicyclic) bond motifs is 8. The quantitative estimate of drug-likeness (QED) is 0.195. The third-order valence-corrected chi connectivity index (χ3v) is 9.46. The van der Waals surface area contributed by atoms with E-state index in [1.54, 1.807) is 0 Å². The van der Waals surface area contributed by atoms with Crippen LogP contribution in [0.4, 0.5) is 0 Å². The Morgan fingerprint density at radius 3 is 2.12 bits per heavy atom. The highest BCUT2D eigenvalue weighted by Gasteiger charge is 2.22. The van der Waals surface area contributed by atoms with Gasteiger partial charge in [0.15, 0.2) is 5.65 Å². The zero-order chi connectivity index (χ0) is 32.7. The van der Waals surface area contributed by atoms with Crippen molar-refractivity contribution in [2.45, 2.75) is 40.0 Å². The standard InChI is InChI=1S/C41H34N6O/c1-25-19-38(42-23-26(25)2)46-34-14-10-9-13-31(34)32-17-15-29(21-35(32)46)48-30-16-18-33-36(22-30)47-39-37(20-27(24-43-39)41(3,4)5)45(40(47)44-33)28-11-7-6-8-12-28/h6-24H,1-5H3. The summed E-state index contributed by atoms with van der Waals surface area (Å²) >= 11 is 0. The molecule has 9 rings (SSSR count). The van der Waals surface area contributed by atoms with Crippen LogP contribution in [0.1, 0.15) is 37.5 Å². The lowest BCUT2D eigenvalue weighted by atomic mass is 9.88. The minimum Gasteiger partial charge on any atom is -0.457 e. The third kappa shape index (κ3) is 4.31. The van der Waals surface area contributed by atoms with E-state index in [9.17, 15) is 0 Å². The third-order valence-electron chi connectivity index (χ3n) is 9.46. The van der Waals surface area contributed by atoms with Gasteiger partial charge in [-0.05, 0) is 90.6 Å². The topological polar surface area (TPSA) is 62.2 Å². The van der Waals surface area contributed by atoms with Crippen molar-refractivity contribution in [1.29, 1.82) is 0 Å². The first kappa shape index (κ1) is 28.3. The van der Waals surface area contributed by atoms with Crippen LogP contribution in [0.3, 0.4) is 0 Å². The molecule has 234 valence electrons. The number of pyridine rings is 2. The molecule has 5 aromatic heterocycles. The summed E-state index contributed by atoms with van der Waals surface area (Å²) in [5.74, 6) is 3.17. The fraction of sp³-hybridized carbons (Fsp3) is 0.146. The first-order chi connectivity index (χ1) is 23.2. The smallest absolute Gasteiger partial charge is 0.221 e. The van der Waals surface area contributed by atoms with Crippen molar-refractivity contribution in [2.75, 3.05) is 0 Å². The van der Waals surface area contributed by atoms with Crippen LogP contribution in [0.2, 0.25) is 0 Å². The van der Waals surface area contributed by atoms with E-state index in [-0.39, 0.29) is 5.41 Å². The monoisotopic (exact) mass is 626 g/mol. The highest BCUT2D eigenvalue weighted by molar-refractivity contribution is 6.09. The second-order valence-electron chi connectivity index (χ2n) is 13.6. The van der Waals surface area contributed by atoms with Gasteiger partial charge in [-0.3, -0.25) is 13.5 Å². The molecule has 0 atom stereocenters. The second kappa shape index (κ2) is 10.3. The van der Waals surface area contributed by atoms with Gasteiger partial charge in [-0.2, -0.15) is 0 Å². The van der Waals surface area contributed by atoms with Crippen LogP contribution in [-0.4, -0.2) is 28.5 Å². The van der Waals surface area contributed by atoms with Gasteiger partial charge in [-0.15, -0.1) is 0 Å². The number of aromatic nitrogens is 6. The summed E-state index contributed by atoms with van der Waals surface area (Å²) in [6.45, 7) is 10.9. The summed E-state index contributed by atoms with van der Waals surface area (Å²) in [7, 11) is 0. The van der Waals surface area contributed by atoms with Gasteiger partial charge in [-0.25, -0.2) is 15.0 Å². The van der Waals surface area contributed by atoms with Gasteiger partial charge in [0.1, 0.15) is 17.3 Å². The fourth-order valence-electron chi connectivity index (χ4n) is 6.73. The zero-order valence-corrected chi connectivity index (χ0v) is 27.6. The number of nitrogens with zero attached hydrogens (tertiary/aromatic N) is 6. The Hall–Kier alpha value is -5.95. The van der Waals surface area contributed by atoms with Crippen molar-refractivity contribution in [3.05, 3.63) is 132 Å². The molecule has 7 nitrogen and oxygen atoms in total. The molecule has 0 aliphatic carbocycles. The number of aryl methyl sites for hydroxylation is 2. The molecule has 0 amide bonds. The van der Waals surface area contributed by atoms with Gasteiger partial charge in [0, 0.05) is 41.0 Å². The van der Waals surface area contributed by atoms with Crippen molar-refractivity contribution >= 4 is 49.8 Å². The van der Waals surface area contributed by atoms with Gasteiger partial charge in [0.2, 0.25) is 5.78 Å². The molecule has 0 N–H and O–H groups in total. The van der Waals surface area contributed by atoms with Crippen LogP contribution in [0, 0.1) is 13.8 Å². The van der Waals surface area contributed by atoms with E-state index in [0.717, 1.165) is 67.4 Å². The largest absolute Gasteiger partial charge is 0.457 e. The number of imidazole rings is 2. The molecule has 9 aromatic rings. The maximum atomic E-state index is 6.61. The molecule has 4 aromatic carbocycles. The zero-order valence-electron chi connectivity index (χ0n) is 27.6. The van der Waals surface area contributed by atoms with Crippen molar-refractivity contribution in [1.82, 2.24) is 28.5 Å². The molecule has 0 saturated carbocycles. The minimum atomic E-state index is -0.0424. The molecule has 7 heteroatoms. The van der Waals surface area contributed by atoms with E-state index in [1.165, 1.54) is 22.1 Å². The van der Waals surface area contributed by atoms with Gasteiger partial charge in [0.05, 0.1) is 27.6 Å². The van der Waals surface area contributed by atoms with Crippen molar-refractivity contribution in [2.24, 2.45) is 0 Å². The molecule has 0 spiro atoms. The molecule has 0 aliphatic rings. The molecule has 0 fully saturated rings. The summed E-state index contributed by atoms with van der Waals surface area (Å²) in [6.07, 6.45) is 3.93. The van der Waals surface area contributed by atoms with Crippen LogP contribution in [0.5, 0.6) is 11.5 Å². The highest BCUT2D eigenvalue weighted by Crippen LogP contribution is 2.37. The SMILES string of the molecule is Cc1cnc(-n2c3ccccc3c3ccc(Oc4ccc5nc6n(-c7ccccc7)c7cc(C(C)(C)C)cnc7n6c5c4)cc32)cc1C. The Labute approximate surface area is 277 Å². The predicted molar refractivity (Wildman–Crippen MR) is 194 cm³/mol. The molecule has 0 radical (unpaired) electrons. The molecule has 5 heterocycles. The molecule has 0 unspecified atom stereocenters. The maximum absolute atomic E-state index is 6.61.